The molecule has 1 atom stereocenters. The minimum Gasteiger partial charge on any atom is -0.486 e. The number of nitrogens with two attached hydrogens (primary N) is 1. The molecule has 2 aromatic rings. The van der Waals surface area contributed by atoms with Crippen LogP contribution in [0.25, 0.3) is 0 Å². The lowest BCUT2D eigenvalue weighted by Crippen LogP contribution is -2.06. The molecule has 2 nitrogen and oxygen atoms in total. The third-order valence-electron chi connectivity index (χ3n) is 2.82. The monoisotopic (exact) mass is 279 g/mol. The van der Waals surface area contributed by atoms with Crippen LogP contribution in [0.15, 0.2) is 42.5 Å². The largest absolute Gasteiger partial charge is 0.486 e. The molecule has 0 aromatic heterocycles. The van der Waals surface area contributed by atoms with E-state index in [-0.39, 0.29) is 18.4 Å². The summed E-state index contributed by atoms with van der Waals surface area (Å²) in [5.41, 5.74) is 7.25. The number of ether oxygens (including phenoxy) is 1. The molecule has 2 aromatic carbocycles. The van der Waals surface area contributed by atoms with Crippen molar-refractivity contribution < 1.29 is 9.13 Å². The van der Waals surface area contributed by atoms with Gasteiger partial charge in [0, 0.05) is 16.6 Å². The van der Waals surface area contributed by atoms with Crippen molar-refractivity contribution in [3.63, 3.8) is 0 Å². The maximum absolute atomic E-state index is 13.8. The maximum atomic E-state index is 13.8. The zero-order chi connectivity index (χ0) is 13.8. The van der Waals surface area contributed by atoms with Crippen molar-refractivity contribution in [3.8, 4) is 5.75 Å². The second-order valence-corrected chi connectivity index (χ2v) is 4.77. The van der Waals surface area contributed by atoms with Crippen molar-refractivity contribution >= 4 is 11.6 Å². The SMILES string of the molecule is C[C@@H](N)c1ccc(OCc2ccccc2Cl)c(F)c1. The zero-order valence-corrected chi connectivity index (χ0v) is 11.3. The van der Waals surface area contributed by atoms with Crippen molar-refractivity contribution in [1.29, 1.82) is 0 Å². The van der Waals surface area contributed by atoms with E-state index in [1.165, 1.54) is 6.07 Å². The molecule has 0 spiro atoms. The Labute approximate surface area is 117 Å². The molecule has 0 saturated heterocycles. The first-order valence-electron chi connectivity index (χ1n) is 5.99. The minimum atomic E-state index is -0.415. The van der Waals surface area contributed by atoms with Crippen molar-refractivity contribution in [2.75, 3.05) is 0 Å². The minimum absolute atomic E-state index is 0.198. The van der Waals surface area contributed by atoms with E-state index < -0.39 is 5.82 Å². The number of halogens is 2. The third-order valence-corrected chi connectivity index (χ3v) is 3.19. The van der Waals surface area contributed by atoms with Gasteiger partial charge in [0.05, 0.1) is 0 Å². The maximum Gasteiger partial charge on any atom is 0.165 e. The molecule has 100 valence electrons. The second kappa shape index (κ2) is 6.04. The van der Waals surface area contributed by atoms with Gasteiger partial charge in [-0.05, 0) is 30.7 Å². The van der Waals surface area contributed by atoms with E-state index in [4.69, 9.17) is 22.1 Å². The van der Waals surface area contributed by atoms with Crippen LogP contribution in [0, 0.1) is 5.82 Å². The molecule has 0 fully saturated rings. The van der Waals surface area contributed by atoms with E-state index in [2.05, 4.69) is 0 Å². The van der Waals surface area contributed by atoms with Gasteiger partial charge in [-0.25, -0.2) is 4.39 Å². The molecule has 0 aliphatic carbocycles. The fourth-order valence-corrected chi connectivity index (χ4v) is 1.88. The van der Waals surface area contributed by atoms with Gasteiger partial charge < -0.3 is 10.5 Å². The van der Waals surface area contributed by atoms with Gasteiger partial charge in [0.25, 0.3) is 0 Å². The summed E-state index contributed by atoms with van der Waals surface area (Å²) < 4.78 is 19.2. The first kappa shape index (κ1) is 13.8. The van der Waals surface area contributed by atoms with Crippen molar-refractivity contribution in [2.45, 2.75) is 19.6 Å². The Morgan fingerprint density at radius 2 is 2.00 bits per heavy atom. The average Bonchev–Trinajstić information content (AvgIpc) is 2.39. The first-order chi connectivity index (χ1) is 9.08. The van der Waals surface area contributed by atoms with Gasteiger partial charge in [0.15, 0.2) is 11.6 Å². The summed E-state index contributed by atoms with van der Waals surface area (Å²) in [6, 6.07) is 11.9. The Morgan fingerprint density at radius 3 is 2.63 bits per heavy atom. The van der Waals surface area contributed by atoms with Crippen molar-refractivity contribution in [1.82, 2.24) is 0 Å². The predicted octanol–water partition coefficient (Wildman–Crippen LogP) is 4.08. The zero-order valence-electron chi connectivity index (χ0n) is 10.6. The quantitative estimate of drug-likeness (QED) is 0.915. The van der Waals surface area contributed by atoms with E-state index in [1.54, 1.807) is 25.1 Å². The Hall–Kier alpha value is -1.58. The molecule has 2 rings (SSSR count). The van der Waals surface area contributed by atoms with E-state index in [9.17, 15) is 4.39 Å². The van der Waals surface area contributed by atoms with Crippen LogP contribution in [0.4, 0.5) is 4.39 Å². The van der Waals surface area contributed by atoms with Crippen LogP contribution in [0.3, 0.4) is 0 Å². The van der Waals surface area contributed by atoms with Crippen LogP contribution in [0.2, 0.25) is 5.02 Å². The van der Waals surface area contributed by atoms with E-state index in [1.807, 2.05) is 18.2 Å². The van der Waals surface area contributed by atoms with Crippen molar-refractivity contribution in [2.24, 2.45) is 5.73 Å². The van der Waals surface area contributed by atoms with Crippen molar-refractivity contribution in [3.05, 3.63) is 64.4 Å². The number of rotatable bonds is 4. The molecule has 0 aliphatic rings. The van der Waals surface area contributed by atoms with Gasteiger partial charge in [0.1, 0.15) is 6.61 Å². The Morgan fingerprint density at radius 1 is 1.26 bits per heavy atom. The highest BCUT2D eigenvalue weighted by atomic mass is 35.5. The normalized spacial score (nSPS) is 12.2. The van der Waals surface area contributed by atoms with Gasteiger partial charge in [-0.2, -0.15) is 0 Å². The number of hydrogen-bond donors (Lipinski definition) is 1. The summed E-state index contributed by atoms with van der Waals surface area (Å²) in [6.45, 7) is 2.03. The topological polar surface area (TPSA) is 35.2 Å². The Balaban J connectivity index is 2.10. The van der Waals surface area contributed by atoms with Gasteiger partial charge in [-0.3, -0.25) is 0 Å². The highest BCUT2D eigenvalue weighted by Gasteiger charge is 2.08. The first-order valence-corrected chi connectivity index (χ1v) is 6.37. The summed E-state index contributed by atoms with van der Waals surface area (Å²) in [5.74, 6) is -0.217. The lowest BCUT2D eigenvalue weighted by atomic mass is 10.1. The van der Waals surface area contributed by atoms with Gasteiger partial charge in [-0.1, -0.05) is 35.9 Å². The van der Waals surface area contributed by atoms with E-state index >= 15 is 0 Å². The highest BCUT2D eigenvalue weighted by molar-refractivity contribution is 6.31. The van der Waals surface area contributed by atoms with Crippen LogP contribution in [0.1, 0.15) is 24.1 Å². The van der Waals surface area contributed by atoms with Crippen LogP contribution >= 0.6 is 11.6 Å². The molecule has 0 radical (unpaired) electrons. The summed E-state index contributed by atoms with van der Waals surface area (Å²) in [4.78, 5) is 0. The fraction of sp³-hybridized carbons (Fsp3) is 0.200. The Kier molecular flexibility index (Phi) is 4.40. The van der Waals surface area contributed by atoms with Crippen LogP contribution in [0.5, 0.6) is 5.75 Å². The Bertz CT molecular complexity index is 572. The average molecular weight is 280 g/mol. The predicted molar refractivity (Wildman–Crippen MR) is 74.8 cm³/mol. The summed E-state index contributed by atoms with van der Waals surface area (Å²) in [7, 11) is 0. The second-order valence-electron chi connectivity index (χ2n) is 4.36. The molecule has 0 aliphatic heterocycles. The van der Waals surface area contributed by atoms with Gasteiger partial charge in [-0.15, -0.1) is 0 Å². The summed E-state index contributed by atoms with van der Waals surface area (Å²) >= 11 is 6.01. The lowest BCUT2D eigenvalue weighted by Gasteiger charge is -2.11. The highest BCUT2D eigenvalue weighted by Crippen LogP contribution is 2.23. The number of hydrogen-bond acceptors (Lipinski definition) is 2. The van der Waals surface area contributed by atoms with Crippen LogP contribution in [-0.4, -0.2) is 0 Å². The fourth-order valence-electron chi connectivity index (χ4n) is 1.69. The van der Waals surface area contributed by atoms with Crippen LogP contribution in [-0.2, 0) is 6.61 Å². The number of benzene rings is 2. The van der Waals surface area contributed by atoms with Gasteiger partial charge in [0.2, 0.25) is 0 Å². The third kappa shape index (κ3) is 3.46. The summed E-state index contributed by atoms with van der Waals surface area (Å²) in [5, 5.41) is 0.607. The molecule has 0 amide bonds. The molecular formula is C15H15ClFNO. The molecule has 0 bridgehead atoms. The lowest BCUT2D eigenvalue weighted by molar-refractivity contribution is 0.290. The summed E-state index contributed by atoms with van der Waals surface area (Å²) in [6.07, 6.45) is 0. The van der Waals surface area contributed by atoms with Crippen LogP contribution < -0.4 is 10.5 Å². The molecule has 2 N–H and O–H groups in total. The van der Waals surface area contributed by atoms with E-state index in [0.29, 0.717) is 5.02 Å². The molecule has 19 heavy (non-hydrogen) atoms. The molecule has 0 unspecified atom stereocenters. The smallest absolute Gasteiger partial charge is 0.165 e. The molecule has 0 heterocycles. The standard InChI is InChI=1S/C15H15ClFNO/c1-10(18)11-6-7-15(14(17)8-11)19-9-12-4-2-3-5-13(12)16/h2-8,10H,9,18H2,1H3/t10-/m1/s1. The molecule has 0 saturated carbocycles. The molecular weight excluding hydrogens is 265 g/mol. The van der Waals surface area contributed by atoms with Gasteiger partial charge >= 0.3 is 0 Å². The molecule has 4 heteroatoms. The van der Waals surface area contributed by atoms with E-state index in [0.717, 1.165) is 11.1 Å².